The summed E-state index contributed by atoms with van der Waals surface area (Å²) in [6.07, 6.45) is -0.609. The van der Waals surface area contributed by atoms with Crippen molar-refractivity contribution in [1.29, 1.82) is 0 Å². The minimum absolute atomic E-state index is 0.0627. The van der Waals surface area contributed by atoms with E-state index >= 15 is 0 Å². The summed E-state index contributed by atoms with van der Waals surface area (Å²) in [7, 11) is 1.81. The number of aliphatic carboxylic acids is 1. The third-order valence-corrected chi connectivity index (χ3v) is 3.78. The van der Waals surface area contributed by atoms with Crippen LogP contribution in [0.25, 0.3) is 0 Å². The number of carboxylic acid groups (broad SMARTS) is 1. The third kappa shape index (κ3) is 4.49. The lowest BCUT2D eigenvalue weighted by molar-refractivity contribution is -0.137. The molecule has 1 aromatic carbocycles. The number of aliphatic hydroxyl groups is 1. The van der Waals surface area contributed by atoms with Gasteiger partial charge in [-0.05, 0) is 38.1 Å². The first-order valence-electron chi connectivity index (χ1n) is 6.19. The van der Waals surface area contributed by atoms with Crippen LogP contribution in [0, 0.1) is 6.92 Å². The van der Waals surface area contributed by atoms with Gasteiger partial charge in [0.05, 0.1) is 12.5 Å². The normalized spacial score (nSPS) is 14.4. The van der Waals surface area contributed by atoms with Crippen molar-refractivity contribution in [2.75, 3.05) is 13.6 Å². The van der Waals surface area contributed by atoms with E-state index in [4.69, 9.17) is 16.7 Å². The van der Waals surface area contributed by atoms with Gasteiger partial charge in [-0.2, -0.15) is 0 Å². The van der Waals surface area contributed by atoms with Gasteiger partial charge in [0.2, 0.25) is 0 Å². The van der Waals surface area contributed by atoms with Crippen molar-refractivity contribution in [3.05, 3.63) is 34.3 Å². The number of nitrogens with zero attached hydrogens (tertiary/aromatic N) is 1. The summed E-state index contributed by atoms with van der Waals surface area (Å²) in [5.41, 5.74) is 1.70. The SMILES string of the molecule is Cc1cc(C(O)C(C)N(C)CCC(=O)O)ccc1Cl. The summed E-state index contributed by atoms with van der Waals surface area (Å²) < 4.78 is 0. The van der Waals surface area contributed by atoms with Crippen LogP contribution in [0.3, 0.4) is 0 Å². The van der Waals surface area contributed by atoms with Gasteiger partial charge in [0.1, 0.15) is 0 Å². The number of benzene rings is 1. The second-order valence-electron chi connectivity index (χ2n) is 4.82. The molecule has 4 nitrogen and oxygen atoms in total. The molecule has 0 aliphatic heterocycles. The topological polar surface area (TPSA) is 60.8 Å². The van der Waals surface area contributed by atoms with Crippen LogP contribution in [-0.4, -0.2) is 40.7 Å². The highest BCUT2D eigenvalue weighted by molar-refractivity contribution is 6.31. The minimum Gasteiger partial charge on any atom is -0.481 e. The van der Waals surface area contributed by atoms with Crippen molar-refractivity contribution >= 4 is 17.6 Å². The van der Waals surface area contributed by atoms with Gasteiger partial charge in [0.25, 0.3) is 0 Å². The van der Waals surface area contributed by atoms with Crippen LogP contribution in [-0.2, 0) is 4.79 Å². The van der Waals surface area contributed by atoms with Gasteiger partial charge in [-0.1, -0.05) is 23.7 Å². The molecule has 106 valence electrons. The molecule has 0 heterocycles. The van der Waals surface area contributed by atoms with E-state index < -0.39 is 12.1 Å². The zero-order valence-electron chi connectivity index (χ0n) is 11.4. The Morgan fingerprint density at radius 1 is 1.47 bits per heavy atom. The molecule has 0 amide bonds. The zero-order chi connectivity index (χ0) is 14.6. The fraction of sp³-hybridized carbons (Fsp3) is 0.500. The van der Waals surface area contributed by atoms with E-state index in [0.29, 0.717) is 11.6 Å². The highest BCUT2D eigenvalue weighted by Gasteiger charge is 2.21. The van der Waals surface area contributed by atoms with Crippen molar-refractivity contribution in [2.24, 2.45) is 0 Å². The molecular formula is C14H20ClNO3. The van der Waals surface area contributed by atoms with E-state index in [9.17, 15) is 9.90 Å². The van der Waals surface area contributed by atoms with Crippen LogP contribution in [0.4, 0.5) is 0 Å². The molecule has 0 saturated heterocycles. The molecule has 1 aromatic rings. The number of rotatable bonds is 6. The summed E-state index contributed by atoms with van der Waals surface area (Å²) >= 11 is 5.95. The number of likely N-dealkylation sites (N-methyl/N-ethyl adjacent to an activating group) is 1. The number of aliphatic hydroxyl groups excluding tert-OH is 1. The average molecular weight is 286 g/mol. The Morgan fingerprint density at radius 2 is 2.11 bits per heavy atom. The lowest BCUT2D eigenvalue weighted by Crippen LogP contribution is -2.35. The van der Waals surface area contributed by atoms with Gasteiger partial charge in [-0.15, -0.1) is 0 Å². The van der Waals surface area contributed by atoms with Gasteiger partial charge in [-0.3, -0.25) is 4.79 Å². The molecule has 2 N–H and O–H groups in total. The molecule has 0 aromatic heterocycles. The molecule has 0 spiro atoms. The van der Waals surface area contributed by atoms with E-state index in [2.05, 4.69) is 0 Å². The summed E-state index contributed by atoms with van der Waals surface area (Å²) in [6, 6.07) is 5.25. The van der Waals surface area contributed by atoms with Crippen molar-refractivity contribution in [3.8, 4) is 0 Å². The lowest BCUT2D eigenvalue weighted by Gasteiger charge is -2.28. The maximum Gasteiger partial charge on any atom is 0.304 e. The number of hydrogen-bond donors (Lipinski definition) is 2. The molecule has 0 fully saturated rings. The fourth-order valence-corrected chi connectivity index (χ4v) is 1.96. The molecule has 5 heteroatoms. The molecule has 2 unspecified atom stereocenters. The van der Waals surface area contributed by atoms with E-state index in [1.54, 1.807) is 19.2 Å². The molecule has 0 aliphatic rings. The van der Waals surface area contributed by atoms with Gasteiger partial charge in [-0.25, -0.2) is 0 Å². The molecule has 19 heavy (non-hydrogen) atoms. The fourth-order valence-electron chi connectivity index (χ4n) is 1.85. The molecule has 0 bridgehead atoms. The largest absolute Gasteiger partial charge is 0.481 e. The van der Waals surface area contributed by atoms with Crippen LogP contribution < -0.4 is 0 Å². The predicted molar refractivity (Wildman–Crippen MR) is 75.5 cm³/mol. The van der Waals surface area contributed by atoms with Crippen molar-refractivity contribution in [3.63, 3.8) is 0 Å². The summed E-state index contributed by atoms with van der Waals surface area (Å²) in [4.78, 5) is 12.4. The van der Waals surface area contributed by atoms with Crippen LogP contribution in [0.1, 0.15) is 30.6 Å². The quantitative estimate of drug-likeness (QED) is 0.843. The lowest BCUT2D eigenvalue weighted by atomic mass is 10.0. The minimum atomic E-state index is -0.837. The van der Waals surface area contributed by atoms with Gasteiger partial charge >= 0.3 is 5.97 Å². The van der Waals surface area contributed by atoms with Crippen molar-refractivity contribution in [1.82, 2.24) is 4.90 Å². The Kier molecular flexibility index (Phi) is 5.79. The highest BCUT2D eigenvalue weighted by atomic mass is 35.5. The first kappa shape index (κ1) is 16.0. The van der Waals surface area contributed by atoms with Gasteiger partial charge < -0.3 is 15.1 Å². The molecule has 2 atom stereocenters. The average Bonchev–Trinajstić information content (AvgIpc) is 2.37. The standard InChI is InChI=1S/C14H20ClNO3/c1-9-8-11(4-5-12(9)15)14(19)10(2)16(3)7-6-13(17)18/h4-5,8,10,14,19H,6-7H2,1-3H3,(H,17,18). The number of hydrogen-bond acceptors (Lipinski definition) is 3. The van der Waals surface area contributed by atoms with E-state index in [-0.39, 0.29) is 12.5 Å². The Hall–Kier alpha value is -1.10. The number of carboxylic acids is 1. The summed E-state index contributed by atoms with van der Waals surface area (Å²) in [6.45, 7) is 4.16. The maximum atomic E-state index is 10.5. The third-order valence-electron chi connectivity index (χ3n) is 3.35. The maximum absolute atomic E-state index is 10.5. The van der Waals surface area contributed by atoms with Gasteiger partial charge in [0.15, 0.2) is 0 Å². The summed E-state index contributed by atoms with van der Waals surface area (Å²) in [5.74, 6) is -0.837. The smallest absolute Gasteiger partial charge is 0.304 e. The van der Waals surface area contributed by atoms with E-state index in [1.165, 1.54) is 0 Å². The Bertz CT molecular complexity index is 450. The molecule has 0 aliphatic carbocycles. The van der Waals surface area contributed by atoms with Crippen LogP contribution in [0.5, 0.6) is 0 Å². The van der Waals surface area contributed by atoms with Crippen molar-refractivity contribution < 1.29 is 15.0 Å². The Balaban J connectivity index is 2.72. The number of carbonyl (C=O) groups is 1. The van der Waals surface area contributed by atoms with Crippen LogP contribution in [0.2, 0.25) is 5.02 Å². The second kappa shape index (κ2) is 6.89. The first-order valence-corrected chi connectivity index (χ1v) is 6.57. The zero-order valence-corrected chi connectivity index (χ0v) is 12.2. The first-order chi connectivity index (χ1) is 8.82. The van der Waals surface area contributed by atoms with Gasteiger partial charge in [0, 0.05) is 17.6 Å². The van der Waals surface area contributed by atoms with Crippen molar-refractivity contribution in [2.45, 2.75) is 32.4 Å². The Labute approximate surface area is 118 Å². The van der Waals surface area contributed by atoms with E-state index in [0.717, 1.165) is 11.1 Å². The molecular weight excluding hydrogens is 266 g/mol. The molecule has 1 rings (SSSR count). The number of halogens is 1. The van der Waals surface area contributed by atoms with Crippen LogP contribution >= 0.6 is 11.6 Å². The second-order valence-corrected chi connectivity index (χ2v) is 5.23. The summed E-state index contributed by atoms with van der Waals surface area (Å²) in [5, 5.41) is 19.6. The molecule has 0 radical (unpaired) electrons. The predicted octanol–water partition coefficient (Wildman–Crippen LogP) is 2.48. The highest BCUT2D eigenvalue weighted by Crippen LogP contribution is 2.24. The van der Waals surface area contributed by atoms with E-state index in [1.807, 2.05) is 24.8 Å². The number of aryl methyl sites for hydroxylation is 1. The Morgan fingerprint density at radius 3 is 2.63 bits per heavy atom. The van der Waals surface area contributed by atoms with Crippen LogP contribution in [0.15, 0.2) is 18.2 Å². The monoisotopic (exact) mass is 285 g/mol. The molecule has 0 saturated carbocycles.